The number of nitrogens with two attached hydrogens (primary N) is 1. The molecule has 0 atom stereocenters. The largest absolute Gasteiger partial charge is 0.490 e. The molecule has 0 amide bonds. The van der Waals surface area contributed by atoms with Gasteiger partial charge in [-0.3, -0.25) is 4.90 Å². The molecule has 0 spiro atoms. The van der Waals surface area contributed by atoms with Crippen LogP contribution in [-0.2, 0) is 10.0 Å². The third kappa shape index (κ3) is 3.62. The highest BCUT2D eigenvalue weighted by molar-refractivity contribution is 7.89. The number of sulfonamides is 1. The number of ether oxygens (including phenoxy) is 1. The molecule has 20 heavy (non-hydrogen) atoms. The molecule has 7 heteroatoms. The van der Waals surface area contributed by atoms with Crippen molar-refractivity contribution in [3.05, 3.63) is 18.2 Å². The molecule has 0 bridgehead atoms. The van der Waals surface area contributed by atoms with Crippen LogP contribution in [0.3, 0.4) is 0 Å². The molecule has 1 aliphatic rings. The maximum absolute atomic E-state index is 11.6. The van der Waals surface area contributed by atoms with Crippen molar-refractivity contribution in [3.63, 3.8) is 0 Å². The van der Waals surface area contributed by atoms with E-state index >= 15 is 0 Å². The first-order chi connectivity index (χ1) is 9.53. The summed E-state index contributed by atoms with van der Waals surface area (Å²) < 4.78 is 31.1. The fourth-order valence-electron chi connectivity index (χ4n) is 2.23. The second-order valence-electron chi connectivity index (χ2n) is 4.80. The quantitative estimate of drug-likeness (QED) is 0.754. The molecule has 0 aliphatic carbocycles. The van der Waals surface area contributed by atoms with E-state index in [-0.39, 0.29) is 4.90 Å². The van der Waals surface area contributed by atoms with Crippen LogP contribution in [0.4, 0.5) is 5.69 Å². The minimum absolute atomic E-state index is 0.143. The third-order valence-electron chi connectivity index (χ3n) is 3.42. The van der Waals surface area contributed by atoms with Crippen molar-refractivity contribution in [2.75, 3.05) is 39.0 Å². The van der Waals surface area contributed by atoms with Crippen LogP contribution in [-0.4, -0.2) is 46.6 Å². The van der Waals surface area contributed by atoms with Crippen molar-refractivity contribution in [2.24, 2.45) is 0 Å². The summed E-state index contributed by atoms with van der Waals surface area (Å²) in [5.74, 6) is 0.527. The average Bonchev–Trinajstić information content (AvgIpc) is 2.93. The van der Waals surface area contributed by atoms with Crippen molar-refractivity contribution in [1.82, 2.24) is 9.62 Å². The van der Waals surface area contributed by atoms with E-state index < -0.39 is 10.0 Å². The van der Waals surface area contributed by atoms with Gasteiger partial charge in [-0.2, -0.15) is 0 Å². The van der Waals surface area contributed by atoms with Crippen molar-refractivity contribution >= 4 is 15.7 Å². The van der Waals surface area contributed by atoms with Gasteiger partial charge in [0.05, 0.1) is 10.6 Å². The van der Waals surface area contributed by atoms with Gasteiger partial charge >= 0.3 is 0 Å². The number of likely N-dealkylation sites (tertiary alicyclic amines) is 1. The number of nitrogen functional groups attached to an aromatic ring is 1. The number of nitrogens with one attached hydrogen (secondary N) is 1. The van der Waals surface area contributed by atoms with Gasteiger partial charge in [0.25, 0.3) is 0 Å². The van der Waals surface area contributed by atoms with Gasteiger partial charge in [0.15, 0.2) is 0 Å². The van der Waals surface area contributed by atoms with Crippen molar-refractivity contribution in [1.29, 1.82) is 0 Å². The number of hydrogen-bond donors (Lipinski definition) is 2. The Balaban J connectivity index is 1.95. The summed E-state index contributed by atoms with van der Waals surface area (Å²) in [5.41, 5.74) is 6.17. The van der Waals surface area contributed by atoms with Crippen LogP contribution in [0.1, 0.15) is 12.8 Å². The number of benzene rings is 1. The van der Waals surface area contributed by atoms with Gasteiger partial charge in [0.2, 0.25) is 10.0 Å². The Bertz CT molecular complexity index is 554. The predicted octanol–water partition coefficient (Wildman–Crippen LogP) is 0.652. The standard InChI is InChI=1S/C13H21N3O3S/c1-15-20(17,18)11-4-5-13(12(14)10-11)19-9-8-16-6-2-3-7-16/h4-5,10,15H,2-3,6-9,14H2,1H3. The van der Waals surface area contributed by atoms with Crippen molar-refractivity contribution in [3.8, 4) is 5.75 Å². The maximum Gasteiger partial charge on any atom is 0.240 e. The zero-order chi connectivity index (χ0) is 14.6. The van der Waals surface area contributed by atoms with Gasteiger partial charge in [-0.25, -0.2) is 13.1 Å². The zero-order valence-electron chi connectivity index (χ0n) is 11.6. The van der Waals surface area contributed by atoms with Crippen LogP contribution in [0.2, 0.25) is 0 Å². The summed E-state index contributed by atoms with van der Waals surface area (Å²) in [6.45, 7) is 3.68. The Morgan fingerprint density at radius 2 is 2.05 bits per heavy atom. The molecule has 0 aromatic heterocycles. The Morgan fingerprint density at radius 1 is 1.35 bits per heavy atom. The Labute approximate surface area is 120 Å². The SMILES string of the molecule is CNS(=O)(=O)c1ccc(OCCN2CCCC2)c(N)c1. The summed E-state index contributed by atoms with van der Waals surface area (Å²) in [6.07, 6.45) is 2.50. The first kappa shape index (κ1) is 15.1. The summed E-state index contributed by atoms with van der Waals surface area (Å²) in [7, 11) is -2.10. The molecule has 0 radical (unpaired) electrons. The fraction of sp³-hybridized carbons (Fsp3) is 0.538. The summed E-state index contributed by atoms with van der Waals surface area (Å²) >= 11 is 0. The second kappa shape index (κ2) is 6.43. The molecule has 2 rings (SSSR count). The number of nitrogens with zero attached hydrogens (tertiary/aromatic N) is 1. The highest BCUT2D eigenvalue weighted by atomic mass is 32.2. The van der Waals surface area contributed by atoms with Crippen LogP contribution in [0.5, 0.6) is 5.75 Å². The van der Waals surface area contributed by atoms with Gasteiger partial charge in [-0.15, -0.1) is 0 Å². The highest BCUT2D eigenvalue weighted by Gasteiger charge is 2.14. The summed E-state index contributed by atoms with van der Waals surface area (Å²) in [4.78, 5) is 2.49. The van der Waals surface area contributed by atoms with Gasteiger partial charge in [0.1, 0.15) is 12.4 Å². The number of hydrogen-bond acceptors (Lipinski definition) is 5. The van der Waals surface area contributed by atoms with E-state index in [1.807, 2.05) is 0 Å². The lowest BCUT2D eigenvalue weighted by atomic mass is 10.3. The second-order valence-corrected chi connectivity index (χ2v) is 6.69. The first-order valence-electron chi connectivity index (χ1n) is 6.71. The third-order valence-corrected chi connectivity index (χ3v) is 4.84. The Morgan fingerprint density at radius 3 is 2.65 bits per heavy atom. The normalized spacial score (nSPS) is 16.4. The smallest absolute Gasteiger partial charge is 0.240 e. The lowest BCUT2D eigenvalue weighted by Gasteiger charge is -2.16. The van der Waals surface area contributed by atoms with Crippen LogP contribution < -0.4 is 15.2 Å². The lowest BCUT2D eigenvalue weighted by Crippen LogP contribution is -2.25. The monoisotopic (exact) mass is 299 g/mol. The maximum atomic E-state index is 11.6. The molecule has 0 unspecified atom stereocenters. The highest BCUT2D eigenvalue weighted by Crippen LogP contribution is 2.24. The molecule has 3 N–H and O–H groups in total. The van der Waals surface area contributed by atoms with E-state index in [2.05, 4.69) is 9.62 Å². The van der Waals surface area contributed by atoms with E-state index in [1.165, 1.54) is 32.0 Å². The summed E-state index contributed by atoms with van der Waals surface area (Å²) in [5, 5.41) is 0. The topological polar surface area (TPSA) is 84.7 Å². The van der Waals surface area contributed by atoms with Crippen LogP contribution in [0, 0.1) is 0 Å². The molecule has 1 aromatic carbocycles. The minimum Gasteiger partial charge on any atom is -0.490 e. The molecule has 6 nitrogen and oxygen atoms in total. The molecule has 1 saturated heterocycles. The van der Waals surface area contributed by atoms with Gasteiger partial charge < -0.3 is 10.5 Å². The Kier molecular flexibility index (Phi) is 4.85. The van der Waals surface area contributed by atoms with Gasteiger partial charge in [-0.05, 0) is 51.2 Å². The van der Waals surface area contributed by atoms with Crippen molar-refractivity contribution in [2.45, 2.75) is 17.7 Å². The molecule has 1 fully saturated rings. The molecule has 1 heterocycles. The van der Waals surface area contributed by atoms with E-state index in [0.29, 0.717) is 18.0 Å². The molecule has 0 saturated carbocycles. The van der Waals surface area contributed by atoms with E-state index in [4.69, 9.17) is 10.5 Å². The molecular formula is C13H21N3O3S. The van der Waals surface area contributed by atoms with E-state index in [1.54, 1.807) is 6.07 Å². The first-order valence-corrected chi connectivity index (χ1v) is 8.19. The summed E-state index contributed by atoms with van der Waals surface area (Å²) in [6, 6.07) is 4.51. The van der Waals surface area contributed by atoms with Crippen LogP contribution in [0.15, 0.2) is 23.1 Å². The Hall–Kier alpha value is -1.31. The van der Waals surface area contributed by atoms with Crippen LogP contribution in [0.25, 0.3) is 0 Å². The molecule has 1 aromatic rings. The molecule has 1 aliphatic heterocycles. The number of rotatable bonds is 6. The number of anilines is 1. The lowest BCUT2D eigenvalue weighted by molar-refractivity contribution is 0.238. The molecule has 112 valence electrons. The predicted molar refractivity (Wildman–Crippen MR) is 78.3 cm³/mol. The van der Waals surface area contributed by atoms with E-state index in [9.17, 15) is 8.42 Å². The van der Waals surface area contributed by atoms with Gasteiger partial charge in [0, 0.05) is 6.54 Å². The average molecular weight is 299 g/mol. The minimum atomic E-state index is -3.46. The van der Waals surface area contributed by atoms with E-state index in [0.717, 1.165) is 19.6 Å². The van der Waals surface area contributed by atoms with Crippen molar-refractivity contribution < 1.29 is 13.2 Å². The zero-order valence-corrected chi connectivity index (χ0v) is 12.4. The van der Waals surface area contributed by atoms with Gasteiger partial charge in [-0.1, -0.05) is 0 Å². The fourth-order valence-corrected chi connectivity index (χ4v) is 3.00. The van der Waals surface area contributed by atoms with Crippen LogP contribution >= 0.6 is 0 Å². The molecular weight excluding hydrogens is 278 g/mol.